The maximum Gasteiger partial charge on any atom is 0.312 e. The summed E-state index contributed by atoms with van der Waals surface area (Å²) in [7, 11) is 0. The van der Waals surface area contributed by atoms with Crippen molar-refractivity contribution < 1.29 is 14.7 Å². The van der Waals surface area contributed by atoms with Gasteiger partial charge in [-0.05, 0) is 38.0 Å². The number of rotatable bonds is 5. The second-order valence-electron chi connectivity index (χ2n) is 6.92. The van der Waals surface area contributed by atoms with Gasteiger partial charge in [0.1, 0.15) is 0 Å². The second kappa shape index (κ2) is 8.31. The molecule has 5 N–H and O–H groups in total. The smallest absolute Gasteiger partial charge is 0.312 e. The van der Waals surface area contributed by atoms with Gasteiger partial charge in [-0.2, -0.15) is 0 Å². The summed E-state index contributed by atoms with van der Waals surface area (Å²) in [6.07, 6.45) is 6.32. The predicted molar refractivity (Wildman–Crippen MR) is 95.5 cm³/mol. The summed E-state index contributed by atoms with van der Waals surface area (Å²) in [5.74, 6) is 0.816. The molecule has 2 aliphatic rings. The molecule has 0 bridgehead atoms. The Balaban J connectivity index is 1.65. The van der Waals surface area contributed by atoms with Crippen molar-refractivity contribution in [3.63, 3.8) is 0 Å². The second-order valence-corrected chi connectivity index (χ2v) is 6.92. The first-order valence-electron chi connectivity index (χ1n) is 9.11. The van der Waals surface area contributed by atoms with E-state index in [1.165, 1.54) is 0 Å². The molecule has 1 aliphatic heterocycles. The van der Waals surface area contributed by atoms with Gasteiger partial charge in [-0.15, -0.1) is 0 Å². The van der Waals surface area contributed by atoms with Gasteiger partial charge in [0.2, 0.25) is 11.9 Å². The lowest BCUT2D eigenvalue weighted by molar-refractivity contribution is -0.120. The normalized spacial score (nSPS) is 20.3. The highest BCUT2D eigenvalue weighted by Gasteiger charge is 2.26. The molecule has 0 spiro atoms. The van der Waals surface area contributed by atoms with E-state index in [0.29, 0.717) is 5.92 Å². The molecule has 1 aliphatic carbocycles. The molecular weight excluding hydrogens is 336 g/mol. The van der Waals surface area contributed by atoms with Gasteiger partial charge in [-0.1, -0.05) is 0 Å². The molecular formula is C17H26N6O3. The Hall–Kier alpha value is -2.42. The van der Waals surface area contributed by atoms with Crippen molar-refractivity contribution in [3.05, 3.63) is 17.5 Å². The van der Waals surface area contributed by atoms with Crippen LogP contribution in [-0.4, -0.2) is 53.3 Å². The molecule has 1 aromatic heterocycles. The average molecular weight is 362 g/mol. The molecule has 1 saturated heterocycles. The third-order valence-electron chi connectivity index (χ3n) is 5.08. The number of carbonyl (C=O) groups is 2. The Labute approximate surface area is 152 Å². The van der Waals surface area contributed by atoms with Crippen LogP contribution in [0.25, 0.3) is 0 Å². The number of hydrogen-bond donors (Lipinski definition) is 4. The first-order chi connectivity index (χ1) is 12.6. The lowest BCUT2D eigenvalue weighted by atomic mass is 9.92. The number of nitrogens with zero attached hydrogens (tertiary/aromatic N) is 3. The quantitative estimate of drug-likeness (QED) is 0.575. The molecule has 9 nitrogen and oxygen atoms in total. The van der Waals surface area contributed by atoms with E-state index in [-0.39, 0.29) is 25.1 Å². The number of aliphatic hydroxyl groups is 1. The van der Waals surface area contributed by atoms with Gasteiger partial charge in [0, 0.05) is 31.5 Å². The minimum atomic E-state index is -0.720. The molecule has 9 heteroatoms. The summed E-state index contributed by atoms with van der Waals surface area (Å²) in [6.45, 7) is 1.80. The fourth-order valence-corrected chi connectivity index (χ4v) is 3.57. The van der Waals surface area contributed by atoms with Gasteiger partial charge in [0.25, 0.3) is 0 Å². The summed E-state index contributed by atoms with van der Waals surface area (Å²) < 4.78 is 0. The Morgan fingerprint density at radius 2 is 2.08 bits per heavy atom. The van der Waals surface area contributed by atoms with Gasteiger partial charge >= 0.3 is 6.03 Å². The molecule has 26 heavy (non-hydrogen) atoms. The standard InChI is InChI=1S/C17H26N6O3/c18-16(26)19-9-15(25)21-13-2-1-3-14-12(13)8-20-17(22-14)23-6-4-11(10-24)5-7-23/h8,11,13,24H,1-7,9-10H2,(H,21,25)(H3,18,19,26)/t13-/m0/s1. The van der Waals surface area contributed by atoms with Crippen LogP contribution in [0.3, 0.4) is 0 Å². The maximum atomic E-state index is 11.9. The van der Waals surface area contributed by atoms with E-state index in [4.69, 9.17) is 10.7 Å². The maximum absolute atomic E-state index is 11.9. The molecule has 1 fully saturated rings. The van der Waals surface area contributed by atoms with Crippen molar-refractivity contribution in [2.45, 2.75) is 38.1 Å². The number of aromatic nitrogens is 2. The Morgan fingerprint density at radius 3 is 2.77 bits per heavy atom. The summed E-state index contributed by atoms with van der Waals surface area (Å²) in [5, 5.41) is 14.5. The van der Waals surface area contributed by atoms with Crippen molar-refractivity contribution in [1.29, 1.82) is 0 Å². The van der Waals surface area contributed by atoms with Crippen LogP contribution in [0.1, 0.15) is 43.0 Å². The van der Waals surface area contributed by atoms with Gasteiger partial charge in [0.15, 0.2) is 0 Å². The Bertz CT molecular complexity index is 660. The van der Waals surface area contributed by atoms with Crippen molar-refractivity contribution in [2.24, 2.45) is 11.7 Å². The van der Waals surface area contributed by atoms with Crippen molar-refractivity contribution in [2.75, 3.05) is 31.1 Å². The number of carbonyl (C=O) groups excluding carboxylic acids is 2. The van der Waals surface area contributed by atoms with E-state index in [1.54, 1.807) is 6.20 Å². The number of piperidine rings is 1. The minimum absolute atomic E-state index is 0.139. The lowest BCUT2D eigenvalue weighted by Gasteiger charge is -2.32. The monoisotopic (exact) mass is 362 g/mol. The number of fused-ring (bicyclic) bond motifs is 1. The Morgan fingerprint density at radius 1 is 1.31 bits per heavy atom. The van der Waals surface area contributed by atoms with Gasteiger partial charge in [-0.3, -0.25) is 4.79 Å². The number of aryl methyl sites for hydroxylation is 1. The molecule has 142 valence electrons. The average Bonchev–Trinajstić information content (AvgIpc) is 2.66. The number of primary amides is 1. The zero-order valence-electron chi connectivity index (χ0n) is 14.8. The topological polar surface area (TPSA) is 133 Å². The predicted octanol–water partition coefficient (Wildman–Crippen LogP) is -0.153. The number of hydrogen-bond acceptors (Lipinski definition) is 6. The van der Waals surface area contributed by atoms with Gasteiger partial charge < -0.3 is 26.4 Å². The fourth-order valence-electron chi connectivity index (χ4n) is 3.57. The lowest BCUT2D eigenvalue weighted by Crippen LogP contribution is -2.41. The molecule has 2 heterocycles. The van der Waals surface area contributed by atoms with E-state index in [0.717, 1.165) is 62.4 Å². The summed E-state index contributed by atoms with van der Waals surface area (Å²) in [6, 6.07) is -0.864. The molecule has 1 aromatic rings. The number of nitrogens with one attached hydrogen (secondary N) is 2. The van der Waals surface area contributed by atoms with E-state index in [9.17, 15) is 14.7 Å². The van der Waals surface area contributed by atoms with E-state index in [2.05, 4.69) is 20.5 Å². The van der Waals surface area contributed by atoms with Crippen LogP contribution in [0.15, 0.2) is 6.20 Å². The van der Waals surface area contributed by atoms with Crippen molar-refractivity contribution in [1.82, 2.24) is 20.6 Å². The van der Waals surface area contributed by atoms with Crippen LogP contribution in [0, 0.1) is 5.92 Å². The van der Waals surface area contributed by atoms with Gasteiger partial charge in [-0.25, -0.2) is 14.8 Å². The number of amides is 3. The molecule has 0 saturated carbocycles. The van der Waals surface area contributed by atoms with Crippen LogP contribution in [0.2, 0.25) is 0 Å². The highest BCUT2D eigenvalue weighted by molar-refractivity contribution is 5.83. The van der Waals surface area contributed by atoms with E-state index < -0.39 is 6.03 Å². The number of anilines is 1. The third kappa shape index (κ3) is 4.40. The first-order valence-corrected chi connectivity index (χ1v) is 9.11. The molecule has 0 aromatic carbocycles. The van der Waals surface area contributed by atoms with Crippen LogP contribution in [0.5, 0.6) is 0 Å². The number of nitrogens with two attached hydrogens (primary N) is 1. The molecule has 3 amide bonds. The number of aliphatic hydroxyl groups excluding tert-OH is 1. The minimum Gasteiger partial charge on any atom is -0.396 e. The van der Waals surface area contributed by atoms with Crippen LogP contribution < -0.4 is 21.3 Å². The first kappa shape index (κ1) is 18.4. The molecule has 3 rings (SSSR count). The largest absolute Gasteiger partial charge is 0.396 e. The fraction of sp³-hybridized carbons (Fsp3) is 0.647. The highest BCUT2D eigenvalue weighted by atomic mass is 16.3. The highest BCUT2D eigenvalue weighted by Crippen LogP contribution is 2.30. The SMILES string of the molecule is NC(=O)NCC(=O)N[C@H]1CCCc2nc(N3CCC(CO)CC3)ncc21. The number of urea groups is 1. The summed E-state index contributed by atoms with van der Waals surface area (Å²) in [4.78, 5) is 34.1. The van der Waals surface area contributed by atoms with Crippen LogP contribution >= 0.6 is 0 Å². The van der Waals surface area contributed by atoms with Gasteiger partial charge in [0.05, 0.1) is 18.3 Å². The van der Waals surface area contributed by atoms with Crippen LogP contribution in [-0.2, 0) is 11.2 Å². The summed E-state index contributed by atoms with van der Waals surface area (Å²) >= 11 is 0. The van der Waals surface area contributed by atoms with Crippen molar-refractivity contribution in [3.8, 4) is 0 Å². The zero-order chi connectivity index (χ0) is 18.5. The molecule has 0 unspecified atom stereocenters. The molecule has 0 radical (unpaired) electrons. The molecule has 1 atom stereocenters. The van der Waals surface area contributed by atoms with E-state index >= 15 is 0 Å². The van der Waals surface area contributed by atoms with Crippen molar-refractivity contribution >= 4 is 17.9 Å². The third-order valence-corrected chi connectivity index (χ3v) is 5.08. The Kier molecular flexibility index (Phi) is 5.87. The zero-order valence-corrected chi connectivity index (χ0v) is 14.8. The van der Waals surface area contributed by atoms with E-state index in [1.807, 2.05) is 0 Å². The van der Waals surface area contributed by atoms with Crippen LogP contribution in [0.4, 0.5) is 10.7 Å². The summed E-state index contributed by atoms with van der Waals surface area (Å²) in [5.41, 5.74) is 6.90.